The van der Waals surface area contributed by atoms with E-state index in [4.69, 9.17) is 49.7 Å². The summed E-state index contributed by atoms with van der Waals surface area (Å²) in [6, 6.07) is 0. The Morgan fingerprint density at radius 1 is 0.765 bits per heavy atom. The number of phosphoric ester groups is 2. The molecule has 39 nitrogen and oxygen atoms in total. The van der Waals surface area contributed by atoms with E-state index in [2.05, 4.69) is 53.8 Å². The smallest absolute Gasteiger partial charge is 0.387 e. The Hall–Kier alpha value is -5.60. The molecule has 444 valence electrons. The number of aromatic amines is 2. The van der Waals surface area contributed by atoms with E-state index in [1.165, 1.54) is 27.1 Å². The molecule has 6 aromatic rings. The molecule has 3 aliphatic heterocycles. The average molecular weight is 1230 g/mol. The molecule has 43 heteroatoms. The van der Waals surface area contributed by atoms with Gasteiger partial charge in [0.1, 0.15) is 54.1 Å². The minimum absolute atomic E-state index is 0.00580. The van der Waals surface area contributed by atoms with Gasteiger partial charge in [-0.15, -0.1) is 0 Å². The molecule has 0 aliphatic carbocycles. The third-order valence-electron chi connectivity index (χ3n) is 13.2. The number of unbranched alkanes of at least 4 members (excludes halogenated alkanes) is 1. The molecule has 0 bridgehead atoms. The Bertz CT molecular complexity index is 3660. The maximum absolute atomic E-state index is 14.5. The lowest BCUT2D eigenvalue weighted by Crippen LogP contribution is -2.45. The molecule has 0 radical (unpaired) electrons. The number of aliphatic hydroxyl groups is 3. The van der Waals surface area contributed by atoms with E-state index in [1.807, 2.05) is 6.92 Å². The van der Waals surface area contributed by atoms with Crippen molar-refractivity contribution >= 4 is 88.2 Å². The quantitative estimate of drug-likeness (QED) is 0.0172. The van der Waals surface area contributed by atoms with E-state index in [0.717, 1.165) is 37.1 Å². The molecule has 9 heterocycles. The number of fused-ring (bicyclic) bond motifs is 3. The zero-order valence-corrected chi connectivity index (χ0v) is 45.9. The predicted molar refractivity (Wildman–Crippen MR) is 268 cm³/mol. The zero-order valence-electron chi connectivity index (χ0n) is 42.3. The van der Waals surface area contributed by atoms with E-state index >= 15 is 0 Å². The summed E-state index contributed by atoms with van der Waals surface area (Å²) in [7, 11) is -20.9. The topological polar surface area (TPSA) is 562 Å². The van der Waals surface area contributed by atoms with Gasteiger partial charge >= 0.3 is 36.7 Å². The zero-order chi connectivity index (χ0) is 58.7. The highest BCUT2D eigenvalue weighted by Crippen LogP contribution is 2.68. The van der Waals surface area contributed by atoms with Crippen molar-refractivity contribution in [3.63, 3.8) is 0 Å². The van der Waals surface area contributed by atoms with Crippen molar-refractivity contribution in [2.45, 2.75) is 93.3 Å². The van der Waals surface area contributed by atoms with Gasteiger partial charge in [-0.25, -0.2) is 38.2 Å². The number of methoxy groups -OCH3 is 1. The van der Waals surface area contributed by atoms with Crippen LogP contribution in [0.25, 0.3) is 33.5 Å². The first-order valence-electron chi connectivity index (χ1n) is 24.0. The van der Waals surface area contributed by atoms with E-state index in [-0.39, 0.29) is 57.8 Å². The molecule has 0 aromatic carbocycles. The molecule has 0 saturated carbocycles. The summed E-state index contributed by atoms with van der Waals surface area (Å²) in [5.74, 6) is -2.54. The first-order chi connectivity index (χ1) is 38.1. The fourth-order valence-corrected chi connectivity index (χ4v) is 14.8. The molecule has 3 aliphatic rings. The highest BCUT2D eigenvalue weighted by Gasteiger charge is 2.58. The van der Waals surface area contributed by atoms with Crippen LogP contribution in [0, 0.1) is 5.92 Å². The van der Waals surface area contributed by atoms with Crippen molar-refractivity contribution in [2.75, 3.05) is 50.7 Å². The number of nitrogens with one attached hydrogen (secondary N) is 3. The van der Waals surface area contributed by atoms with E-state index in [9.17, 15) is 67.5 Å². The van der Waals surface area contributed by atoms with Gasteiger partial charge in [0.25, 0.3) is 17.1 Å². The first-order valence-corrected chi connectivity index (χ1v) is 30.1. The van der Waals surface area contributed by atoms with Crippen LogP contribution in [0.15, 0.2) is 34.9 Å². The van der Waals surface area contributed by atoms with Gasteiger partial charge in [-0.1, -0.05) is 18.3 Å². The number of carbonyl (C=O) groups excluding carboxylic acids is 1. The van der Waals surface area contributed by atoms with Gasteiger partial charge in [0, 0.05) is 26.0 Å². The number of nitrogens with two attached hydrogens (primary N) is 3. The number of phosphoric acid groups is 3. The molecule has 1 amide bonds. The number of H-pyrrole nitrogens is 2. The van der Waals surface area contributed by atoms with E-state index in [1.54, 1.807) is 0 Å². The number of anilines is 3. The lowest BCUT2D eigenvalue weighted by molar-refractivity contribution is -0.745. The fourth-order valence-electron chi connectivity index (χ4n) is 9.52. The van der Waals surface area contributed by atoms with Crippen molar-refractivity contribution in [2.24, 2.45) is 13.0 Å². The maximum Gasteiger partial charge on any atom is 0.490 e. The number of imidazole rings is 3. The highest BCUT2D eigenvalue weighted by molar-refractivity contribution is 7.66. The molecule has 3 fully saturated rings. The Labute approximate surface area is 452 Å². The van der Waals surface area contributed by atoms with E-state index < -0.39 is 147 Å². The lowest BCUT2D eigenvalue weighted by atomic mass is 9.94. The van der Waals surface area contributed by atoms with Gasteiger partial charge in [-0.05, 0) is 6.42 Å². The number of rotatable bonds is 23. The number of aromatic nitrogens is 12. The predicted octanol–water partition coefficient (Wildman–Crippen LogP) is -3.08. The Kier molecular flexibility index (Phi) is 17.2. The van der Waals surface area contributed by atoms with Crippen LogP contribution in [0.5, 0.6) is 0 Å². The summed E-state index contributed by atoms with van der Waals surface area (Å²) < 4.78 is 107. The summed E-state index contributed by atoms with van der Waals surface area (Å²) in [6.45, 7) is -1.20. The second-order valence-electron chi connectivity index (χ2n) is 18.6. The number of nitrogens with zero attached hydrogens (tertiary/aromatic N) is 10. The number of ether oxygens (including phenoxy) is 4. The van der Waals surface area contributed by atoms with Gasteiger partial charge < -0.3 is 80.9 Å². The van der Waals surface area contributed by atoms with Crippen LogP contribution in [0.4, 0.5) is 17.7 Å². The first kappa shape index (κ1) is 60.0. The van der Waals surface area contributed by atoms with E-state index in [0.29, 0.717) is 6.42 Å². The van der Waals surface area contributed by atoms with Gasteiger partial charge in [0.05, 0.1) is 45.6 Å². The lowest BCUT2D eigenvalue weighted by Gasteiger charge is -2.28. The molecule has 81 heavy (non-hydrogen) atoms. The standard InChI is InChI=1S/C38H54N16O23P4/c1-4-5-6-42-19(55)7-15-16(73-34(23(15)56)54-14-51(2)22-31(54)48-38(41)50-33(22)60)8-71-79(63,64)76-81(67,68)77-80(65,66)72-10-18-27(26(69-3)36(75-18)52-12-45-20-28(39)43-11-44-29(20)52)78(61,62)70-9-17-24(57)25(58)35(74-17)53-13-46-21-30(53)47-37(40)49-32(21)59/h11-18,23-27,34-36,56-58H,4-10H2,1-3H3,(H12-,39,40,41,42,43,44,47,48,49,50,55,59,60,61,62,63,64,65,66,67,68)/p+1/t15-,16-,17-,18-,23-,24-,25-,26-,27-,34-,35-,36-/m1/s1. The van der Waals surface area contributed by atoms with Crippen molar-refractivity contribution in [1.82, 2.24) is 58.9 Å². The van der Waals surface area contributed by atoms with Crippen LogP contribution in [0.1, 0.15) is 44.9 Å². The second kappa shape index (κ2) is 23.2. The number of hydrogen-bond donors (Lipinski definition) is 13. The van der Waals surface area contributed by atoms with Crippen LogP contribution in [-0.4, -0.2) is 176 Å². The minimum Gasteiger partial charge on any atom is -0.387 e. The normalized spacial score (nSPS) is 29.0. The van der Waals surface area contributed by atoms with Crippen LogP contribution in [0.3, 0.4) is 0 Å². The Balaban J connectivity index is 0.894. The SMILES string of the molecule is CCCCNC(=O)C[C@H]1[C@@H](O)[C@H]([n+]2cn(C)c3c(=O)[nH]c(N)nc32)O[C@@H]1COP(=O)(O)OP(=O)(O)OP(=O)(O)OC[C@H]1O[C@@H](n2cnc3c(N)ncnc32)[C@H](OC)[C@@H]1P(=O)(O)OC[C@H]1O[C@@H](n2cnc3c(=O)[nH]c(N)nc32)[C@H](O)[C@@H]1O. The average Bonchev–Trinajstić information content (AvgIpc) is 4.27. The number of aryl methyl sites for hydroxylation is 1. The van der Waals surface area contributed by atoms with Crippen LogP contribution in [0.2, 0.25) is 0 Å². The van der Waals surface area contributed by atoms with Gasteiger partial charge in [-0.3, -0.25) is 51.7 Å². The third-order valence-corrected chi connectivity index (χ3v) is 19.3. The largest absolute Gasteiger partial charge is 0.490 e. The number of carbonyl (C=O) groups is 1. The highest BCUT2D eigenvalue weighted by atomic mass is 31.3. The molecule has 4 unspecified atom stereocenters. The van der Waals surface area contributed by atoms with Gasteiger partial charge in [-0.2, -0.15) is 13.6 Å². The molecule has 16 atom stereocenters. The molecule has 3 saturated heterocycles. The summed E-state index contributed by atoms with van der Waals surface area (Å²) in [5.41, 5.74) is 13.6. The fraction of sp³-hybridized carbons (Fsp3) is 0.579. The molecular formula is C38H55N16O23P4+. The molecule has 9 rings (SSSR count). The molecule has 16 N–H and O–H groups in total. The monoisotopic (exact) mass is 1230 g/mol. The molecule has 6 aromatic heterocycles. The molecule has 0 spiro atoms. The summed E-state index contributed by atoms with van der Waals surface area (Å²) in [6.07, 6.45) is -10.9. The number of aliphatic hydroxyl groups excluding tert-OH is 3. The van der Waals surface area contributed by atoms with Crippen LogP contribution >= 0.6 is 31.1 Å². The number of nitrogen functional groups attached to an aromatic ring is 3. The Morgan fingerprint density at radius 3 is 2.06 bits per heavy atom. The minimum atomic E-state index is -6.26. The third kappa shape index (κ3) is 12.4. The Morgan fingerprint density at radius 2 is 1.38 bits per heavy atom. The summed E-state index contributed by atoms with van der Waals surface area (Å²) in [4.78, 5) is 111. The van der Waals surface area contributed by atoms with Crippen molar-refractivity contribution < 1.29 is 104 Å². The number of hydrogen-bond acceptors (Lipinski definition) is 28. The van der Waals surface area contributed by atoms with Gasteiger partial charge in [0.2, 0.25) is 23.6 Å². The summed E-state index contributed by atoms with van der Waals surface area (Å²) >= 11 is 0. The van der Waals surface area contributed by atoms with Gasteiger partial charge in [0.15, 0.2) is 41.4 Å². The maximum atomic E-state index is 14.5. The summed E-state index contributed by atoms with van der Waals surface area (Å²) in [5, 5.41) is 36.2. The van der Waals surface area contributed by atoms with Crippen molar-refractivity contribution in [1.29, 1.82) is 0 Å². The van der Waals surface area contributed by atoms with Crippen LogP contribution < -0.4 is 38.2 Å². The van der Waals surface area contributed by atoms with Crippen LogP contribution in [-0.2, 0) is 71.2 Å². The van der Waals surface area contributed by atoms with Crippen molar-refractivity contribution in [3.05, 3.63) is 46.0 Å². The molecular weight excluding hydrogens is 1170 g/mol. The van der Waals surface area contributed by atoms with Crippen molar-refractivity contribution in [3.8, 4) is 0 Å². The second-order valence-corrected chi connectivity index (χ2v) is 25.2. The number of amides is 1.